The molecule has 4 N–H and O–H groups in total. The molecule has 0 aliphatic rings. The van der Waals surface area contributed by atoms with Gasteiger partial charge in [-0.25, -0.2) is 0 Å². The van der Waals surface area contributed by atoms with Crippen molar-refractivity contribution in [2.75, 3.05) is 13.1 Å². The number of fused-ring (bicyclic) bond motifs is 1. The molecule has 0 bridgehead atoms. The van der Waals surface area contributed by atoms with E-state index in [4.69, 9.17) is 0 Å². The molecule has 0 aliphatic carbocycles. The van der Waals surface area contributed by atoms with Crippen LogP contribution >= 0.6 is 11.3 Å². The average molecular weight is 585 g/mol. The Morgan fingerprint density at radius 3 is 2.00 bits per heavy atom. The van der Waals surface area contributed by atoms with E-state index < -0.39 is 11.9 Å². The third kappa shape index (κ3) is 8.50. The maximum atomic E-state index is 13.4. The predicted octanol–water partition coefficient (Wildman–Crippen LogP) is 4.37. The zero-order valence-corrected chi connectivity index (χ0v) is 24.6. The van der Waals surface area contributed by atoms with Gasteiger partial charge in [0.25, 0.3) is 5.91 Å². The van der Waals surface area contributed by atoms with Gasteiger partial charge in [0.05, 0.1) is 11.4 Å². The van der Waals surface area contributed by atoms with Crippen LogP contribution in [-0.2, 0) is 14.4 Å². The molecule has 0 radical (unpaired) electrons. The van der Waals surface area contributed by atoms with Crippen molar-refractivity contribution in [3.8, 4) is 0 Å². The first-order valence-electron chi connectivity index (χ1n) is 14.1. The van der Waals surface area contributed by atoms with Crippen molar-refractivity contribution >= 4 is 45.1 Å². The highest BCUT2D eigenvalue weighted by molar-refractivity contribution is 7.20. The van der Waals surface area contributed by atoms with Gasteiger partial charge in [0.1, 0.15) is 6.04 Å². The summed E-state index contributed by atoms with van der Waals surface area (Å²) < 4.78 is 0.977. The van der Waals surface area contributed by atoms with Crippen molar-refractivity contribution in [1.29, 1.82) is 0 Å². The van der Waals surface area contributed by atoms with Gasteiger partial charge in [0.15, 0.2) is 0 Å². The molecule has 2 atom stereocenters. The van der Waals surface area contributed by atoms with Crippen LogP contribution in [0.1, 0.15) is 53.4 Å². The monoisotopic (exact) mass is 584 g/mol. The Balaban J connectivity index is 1.47. The second-order valence-electron chi connectivity index (χ2n) is 10.2. The van der Waals surface area contributed by atoms with Gasteiger partial charge in [-0.15, -0.1) is 11.3 Å². The van der Waals surface area contributed by atoms with Crippen LogP contribution < -0.4 is 21.3 Å². The fourth-order valence-electron chi connectivity index (χ4n) is 4.54. The van der Waals surface area contributed by atoms with Gasteiger partial charge < -0.3 is 21.3 Å². The number of carbonyl (C=O) groups is 4. The minimum Gasteiger partial charge on any atom is -0.352 e. The zero-order chi connectivity index (χ0) is 29.9. The first kappa shape index (κ1) is 30.5. The first-order valence-corrected chi connectivity index (χ1v) is 14.9. The van der Waals surface area contributed by atoms with Crippen molar-refractivity contribution in [1.82, 2.24) is 21.3 Å². The highest BCUT2D eigenvalue weighted by Gasteiger charge is 2.25. The molecule has 1 heterocycles. The highest BCUT2D eigenvalue weighted by Crippen LogP contribution is 2.28. The third-order valence-corrected chi connectivity index (χ3v) is 8.12. The quantitative estimate of drug-likeness (QED) is 0.187. The molecule has 4 amide bonds. The van der Waals surface area contributed by atoms with Gasteiger partial charge in [-0.1, -0.05) is 85.8 Å². The second-order valence-corrected chi connectivity index (χ2v) is 11.2. The van der Waals surface area contributed by atoms with Crippen LogP contribution in [0.5, 0.6) is 0 Å². The predicted molar refractivity (Wildman–Crippen MR) is 166 cm³/mol. The Hall–Kier alpha value is -4.50. The minimum absolute atomic E-state index is 0.0293. The lowest BCUT2D eigenvalue weighted by Crippen LogP contribution is -2.54. The molecule has 0 aliphatic heterocycles. The number of carbonyl (C=O) groups excluding carboxylic acids is 4. The van der Waals surface area contributed by atoms with E-state index in [2.05, 4.69) is 21.3 Å². The summed E-state index contributed by atoms with van der Waals surface area (Å²) in [7, 11) is 0. The van der Waals surface area contributed by atoms with Crippen LogP contribution in [0.3, 0.4) is 0 Å². The van der Waals surface area contributed by atoms with E-state index in [-0.39, 0.29) is 49.2 Å². The van der Waals surface area contributed by atoms with E-state index in [1.165, 1.54) is 11.3 Å². The number of hydrogen-bond donors (Lipinski definition) is 4. The molecular weight excluding hydrogens is 548 g/mol. The molecule has 0 unspecified atom stereocenters. The van der Waals surface area contributed by atoms with Gasteiger partial charge >= 0.3 is 0 Å². The number of rotatable bonds is 13. The van der Waals surface area contributed by atoms with E-state index in [1.54, 1.807) is 6.07 Å². The molecule has 0 saturated carbocycles. The van der Waals surface area contributed by atoms with Crippen LogP contribution in [0.15, 0.2) is 91.0 Å². The number of amides is 4. The molecule has 8 nitrogen and oxygen atoms in total. The lowest BCUT2D eigenvalue weighted by molar-refractivity contribution is -0.130. The van der Waals surface area contributed by atoms with Gasteiger partial charge in [0, 0.05) is 29.6 Å². The summed E-state index contributed by atoms with van der Waals surface area (Å²) in [6.45, 7) is 3.45. The van der Waals surface area contributed by atoms with E-state index in [0.717, 1.165) is 27.6 Å². The summed E-state index contributed by atoms with van der Waals surface area (Å²) in [6, 6.07) is 27.8. The molecule has 4 rings (SSSR count). The molecule has 3 aromatic carbocycles. The lowest BCUT2D eigenvalue weighted by atomic mass is 9.88. The van der Waals surface area contributed by atoms with Gasteiger partial charge in [0.2, 0.25) is 17.7 Å². The zero-order valence-electron chi connectivity index (χ0n) is 23.8. The smallest absolute Gasteiger partial charge is 0.261 e. The topological polar surface area (TPSA) is 116 Å². The van der Waals surface area contributed by atoms with Crippen LogP contribution in [-0.4, -0.2) is 48.8 Å². The Labute approximate surface area is 249 Å². The van der Waals surface area contributed by atoms with Crippen molar-refractivity contribution in [3.05, 3.63) is 107 Å². The molecule has 42 heavy (non-hydrogen) atoms. The molecular formula is C33H36N4O4S. The van der Waals surface area contributed by atoms with Crippen molar-refractivity contribution in [2.24, 2.45) is 0 Å². The Bertz CT molecular complexity index is 1430. The largest absolute Gasteiger partial charge is 0.352 e. The van der Waals surface area contributed by atoms with Gasteiger partial charge in [-0.3, -0.25) is 19.2 Å². The minimum atomic E-state index is -1.08. The molecule has 0 fully saturated rings. The molecule has 1 aromatic heterocycles. The maximum Gasteiger partial charge on any atom is 0.261 e. The van der Waals surface area contributed by atoms with Crippen LogP contribution in [0.4, 0.5) is 0 Å². The van der Waals surface area contributed by atoms with Crippen molar-refractivity contribution in [3.63, 3.8) is 0 Å². The SMILES string of the molecule is CC[C@H](C)NC(=O)CNC(=O)[C@@H](CNC(=O)c1cc2ccccc2s1)NC(=O)CC(c1ccccc1)c1ccccc1. The van der Waals surface area contributed by atoms with Crippen LogP contribution in [0.25, 0.3) is 10.1 Å². The summed E-state index contributed by atoms with van der Waals surface area (Å²) in [5.41, 5.74) is 1.94. The Kier molecular flexibility index (Phi) is 10.8. The fraction of sp³-hybridized carbons (Fsp3) is 0.273. The summed E-state index contributed by atoms with van der Waals surface area (Å²) in [4.78, 5) is 52.4. The van der Waals surface area contributed by atoms with Crippen molar-refractivity contribution < 1.29 is 19.2 Å². The van der Waals surface area contributed by atoms with E-state index in [1.807, 2.05) is 98.8 Å². The number of thiophene rings is 1. The second kappa shape index (κ2) is 14.9. The summed E-state index contributed by atoms with van der Waals surface area (Å²) >= 11 is 1.35. The van der Waals surface area contributed by atoms with Crippen LogP contribution in [0.2, 0.25) is 0 Å². The van der Waals surface area contributed by atoms with Gasteiger partial charge in [-0.05, 0) is 42.0 Å². The number of nitrogens with one attached hydrogen (secondary N) is 4. The standard InChI is InChI=1S/C33H36N4O4S/c1-3-22(2)36-31(39)21-35-32(40)27(20-34-33(41)29-18-25-16-10-11-17-28(25)42-29)37-30(38)19-26(23-12-6-4-7-13-23)24-14-8-5-9-15-24/h4-18,22,26-27H,3,19-21H2,1-2H3,(H,34,41)(H,35,40)(H,36,39)(H,37,38)/t22-,27+/m0/s1. The third-order valence-electron chi connectivity index (χ3n) is 7.00. The van der Waals surface area contributed by atoms with Crippen molar-refractivity contribution in [2.45, 2.75) is 44.7 Å². The molecule has 0 saturated heterocycles. The Morgan fingerprint density at radius 2 is 1.38 bits per heavy atom. The maximum absolute atomic E-state index is 13.4. The fourth-order valence-corrected chi connectivity index (χ4v) is 5.52. The summed E-state index contributed by atoms with van der Waals surface area (Å²) in [5.74, 6) is -1.82. The number of benzene rings is 3. The Morgan fingerprint density at radius 1 is 0.762 bits per heavy atom. The van der Waals surface area contributed by atoms with E-state index >= 15 is 0 Å². The lowest BCUT2D eigenvalue weighted by Gasteiger charge is -2.22. The van der Waals surface area contributed by atoms with Gasteiger partial charge in [-0.2, -0.15) is 0 Å². The number of hydrogen-bond acceptors (Lipinski definition) is 5. The summed E-state index contributed by atoms with van der Waals surface area (Å²) in [5, 5.41) is 12.0. The average Bonchev–Trinajstić information content (AvgIpc) is 3.46. The first-order chi connectivity index (χ1) is 20.3. The molecule has 4 aromatic rings. The molecule has 218 valence electrons. The molecule has 9 heteroatoms. The summed E-state index contributed by atoms with van der Waals surface area (Å²) in [6.07, 6.45) is 0.850. The van der Waals surface area contributed by atoms with E-state index in [9.17, 15) is 19.2 Å². The molecule has 0 spiro atoms. The van der Waals surface area contributed by atoms with E-state index in [0.29, 0.717) is 4.88 Å². The van der Waals surface area contributed by atoms with Crippen LogP contribution in [0, 0.1) is 0 Å². The normalized spacial score (nSPS) is 12.4. The highest BCUT2D eigenvalue weighted by atomic mass is 32.1.